The van der Waals surface area contributed by atoms with Crippen molar-refractivity contribution < 1.29 is 13.9 Å². The predicted octanol–water partition coefficient (Wildman–Crippen LogP) is 3.52. The fraction of sp³-hybridized carbons (Fsp3) is 0.250. The quantitative estimate of drug-likeness (QED) is 0.877. The Hall–Kier alpha value is -2.07. The van der Waals surface area contributed by atoms with Gasteiger partial charge in [-0.2, -0.15) is 0 Å². The topological polar surface area (TPSA) is 44.5 Å². The van der Waals surface area contributed by atoms with Gasteiger partial charge in [0.2, 0.25) is 0 Å². The molecule has 0 heterocycles. The van der Waals surface area contributed by atoms with Gasteiger partial charge in [-0.1, -0.05) is 0 Å². The van der Waals surface area contributed by atoms with Gasteiger partial charge in [-0.25, -0.2) is 4.39 Å². The van der Waals surface area contributed by atoms with E-state index in [1.54, 1.807) is 6.07 Å². The molecule has 0 bridgehead atoms. The first-order valence-electron chi connectivity index (χ1n) is 6.62. The van der Waals surface area contributed by atoms with Gasteiger partial charge in [-0.15, -0.1) is 0 Å². The highest BCUT2D eigenvalue weighted by Gasteiger charge is 2.06. The highest BCUT2D eigenvalue weighted by atomic mass is 19.1. The third-order valence-electron chi connectivity index (χ3n) is 2.80. The van der Waals surface area contributed by atoms with E-state index in [-0.39, 0.29) is 5.82 Å². The van der Waals surface area contributed by atoms with Crippen LogP contribution in [0.5, 0.6) is 17.2 Å². The van der Waals surface area contributed by atoms with Gasteiger partial charge in [0.25, 0.3) is 0 Å². The zero-order valence-corrected chi connectivity index (χ0v) is 11.4. The van der Waals surface area contributed by atoms with E-state index in [4.69, 9.17) is 15.2 Å². The van der Waals surface area contributed by atoms with E-state index in [1.807, 2.05) is 31.2 Å². The Morgan fingerprint density at radius 2 is 1.75 bits per heavy atom. The predicted molar refractivity (Wildman–Crippen MR) is 76.8 cm³/mol. The van der Waals surface area contributed by atoms with Gasteiger partial charge in [-0.3, -0.25) is 0 Å². The van der Waals surface area contributed by atoms with E-state index in [2.05, 4.69) is 0 Å². The van der Waals surface area contributed by atoms with Crippen LogP contribution in [0.1, 0.15) is 12.5 Å². The number of halogens is 1. The summed E-state index contributed by atoms with van der Waals surface area (Å²) in [6, 6.07) is 11.8. The molecule has 3 nitrogen and oxygen atoms in total. The number of hydrogen-bond acceptors (Lipinski definition) is 3. The van der Waals surface area contributed by atoms with Gasteiger partial charge < -0.3 is 15.2 Å². The average molecular weight is 275 g/mol. The Balaban J connectivity index is 2.16. The van der Waals surface area contributed by atoms with Crippen LogP contribution in [0.15, 0.2) is 42.5 Å². The van der Waals surface area contributed by atoms with Gasteiger partial charge in [0, 0.05) is 0 Å². The molecule has 0 fully saturated rings. The number of hydrogen-bond donors (Lipinski definition) is 1. The third-order valence-corrected chi connectivity index (χ3v) is 2.80. The lowest BCUT2D eigenvalue weighted by Crippen LogP contribution is -2.04. The van der Waals surface area contributed by atoms with E-state index in [9.17, 15) is 4.39 Å². The molecule has 0 aromatic heterocycles. The van der Waals surface area contributed by atoms with Crippen LogP contribution in [0, 0.1) is 5.82 Å². The maximum absolute atomic E-state index is 13.2. The molecule has 4 heteroatoms. The number of rotatable bonds is 6. The lowest BCUT2D eigenvalue weighted by atomic mass is 10.1. The molecule has 2 aromatic rings. The van der Waals surface area contributed by atoms with E-state index in [0.717, 1.165) is 11.3 Å². The zero-order chi connectivity index (χ0) is 14.4. The van der Waals surface area contributed by atoms with Crippen molar-refractivity contribution in [1.82, 2.24) is 0 Å². The molecule has 0 aliphatic rings. The fourth-order valence-electron chi connectivity index (χ4n) is 1.90. The molecule has 0 spiro atoms. The van der Waals surface area contributed by atoms with Crippen molar-refractivity contribution in [3.63, 3.8) is 0 Å². The Kier molecular flexibility index (Phi) is 4.96. The van der Waals surface area contributed by atoms with Crippen LogP contribution in [0.4, 0.5) is 4.39 Å². The smallest absolute Gasteiger partial charge is 0.130 e. The summed E-state index contributed by atoms with van der Waals surface area (Å²) < 4.78 is 24.4. The summed E-state index contributed by atoms with van der Waals surface area (Å²) in [6.45, 7) is 3.00. The molecule has 0 amide bonds. The molecule has 0 aliphatic carbocycles. The summed E-state index contributed by atoms with van der Waals surface area (Å²) in [5.41, 5.74) is 6.30. The second-order valence-electron chi connectivity index (χ2n) is 4.30. The van der Waals surface area contributed by atoms with Gasteiger partial charge in [0.1, 0.15) is 23.1 Å². The number of benzene rings is 2. The van der Waals surface area contributed by atoms with Crippen LogP contribution < -0.4 is 15.2 Å². The van der Waals surface area contributed by atoms with Gasteiger partial charge >= 0.3 is 0 Å². The van der Waals surface area contributed by atoms with Gasteiger partial charge in [-0.05, 0) is 67.9 Å². The Labute approximate surface area is 118 Å². The van der Waals surface area contributed by atoms with E-state index >= 15 is 0 Å². The first kappa shape index (κ1) is 14.3. The van der Waals surface area contributed by atoms with Crippen LogP contribution in [0.3, 0.4) is 0 Å². The van der Waals surface area contributed by atoms with Crippen LogP contribution in [-0.4, -0.2) is 13.2 Å². The largest absolute Gasteiger partial charge is 0.494 e. The summed E-state index contributed by atoms with van der Waals surface area (Å²) in [5.74, 6) is 1.81. The molecule has 20 heavy (non-hydrogen) atoms. The normalized spacial score (nSPS) is 10.3. The summed E-state index contributed by atoms with van der Waals surface area (Å²) in [5, 5.41) is 0. The monoisotopic (exact) mass is 275 g/mol. The Bertz CT molecular complexity index is 555. The highest BCUT2D eigenvalue weighted by Crippen LogP contribution is 2.27. The Morgan fingerprint density at radius 3 is 2.40 bits per heavy atom. The average Bonchev–Trinajstić information content (AvgIpc) is 2.44. The summed E-state index contributed by atoms with van der Waals surface area (Å²) in [4.78, 5) is 0. The van der Waals surface area contributed by atoms with Crippen LogP contribution in [0.25, 0.3) is 0 Å². The number of nitrogens with two attached hydrogens (primary N) is 1. The van der Waals surface area contributed by atoms with E-state index in [0.29, 0.717) is 31.1 Å². The maximum atomic E-state index is 13.2. The van der Waals surface area contributed by atoms with Crippen molar-refractivity contribution in [2.75, 3.05) is 13.2 Å². The van der Waals surface area contributed by atoms with Crippen molar-refractivity contribution in [3.8, 4) is 17.2 Å². The molecule has 0 atom stereocenters. The molecular weight excluding hydrogens is 257 g/mol. The molecule has 2 aromatic carbocycles. The SMILES string of the molecule is CCOc1ccc(Oc2ccc(F)cc2CCN)cc1. The second kappa shape index (κ2) is 6.91. The van der Waals surface area contributed by atoms with Crippen molar-refractivity contribution >= 4 is 0 Å². The van der Waals surface area contributed by atoms with Gasteiger partial charge in [0.15, 0.2) is 0 Å². The minimum absolute atomic E-state index is 0.285. The molecule has 0 aliphatic heterocycles. The first-order valence-corrected chi connectivity index (χ1v) is 6.62. The molecule has 2 N–H and O–H groups in total. The van der Waals surface area contributed by atoms with Crippen LogP contribution in [-0.2, 0) is 6.42 Å². The second-order valence-corrected chi connectivity index (χ2v) is 4.30. The van der Waals surface area contributed by atoms with Crippen molar-refractivity contribution in [2.24, 2.45) is 5.73 Å². The van der Waals surface area contributed by atoms with Gasteiger partial charge in [0.05, 0.1) is 6.61 Å². The van der Waals surface area contributed by atoms with Crippen molar-refractivity contribution in [3.05, 3.63) is 53.8 Å². The first-order chi connectivity index (χ1) is 9.72. The molecule has 0 saturated heterocycles. The minimum Gasteiger partial charge on any atom is -0.494 e. The third kappa shape index (κ3) is 3.71. The van der Waals surface area contributed by atoms with E-state index < -0.39 is 0 Å². The standard InChI is InChI=1S/C16H18FNO2/c1-2-19-14-4-6-15(7-5-14)20-16-8-3-13(17)11-12(16)9-10-18/h3-8,11H,2,9-10,18H2,1H3. The van der Waals surface area contributed by atoms with Crippen molar-refractivity contribution in [2.45, 2.75) is 13.3 Å². The van der Waals surface area contributed by atoms with Crippen LogP contribution >= 0.6 is 0 Å². The molecule has 0 unspecified atom stereocenters. The van der Waals surface area contributed by atoms with E-state index in [1.165, 1.54) is 12.1 Å². The molecule has 0 saturated carbocycles. The molecule has 2 rings (SSSR count). The summed E-state index contributed by atoms with van der Waals surface area (Å²) in [6.07, 6.45) is 0.574. The fourth-order valence-corrected chi connectivity index (χ4v) is 1.90. The molecule has 0 radical (unpaired) electrons. The lowest BCUT2D eigenvalue weighted by molar-refractivity contribution is 0.339. The van der Waals surface area contributed by atoms with Crippen molar-refractivity contribution in [1.29, 1.82) is 0 Å². The Morgan fingerprint density at radius 1 is 1.05 bits per heavy atom. The summed E-state index contributed by atoms with van der Waals surface area (Å²) in [7, 11) is 0. The summed E-state index contributed by atoms with van der Waals surface area (Å²) >= 11 is 0. The molecule has 106 valence electrons. The lowest BCUT2D eigenvalue weighted by Gasteiger charge is -2.11. The number of ether oxygens (including phenoxy) is 2. The van der Waals surface area contributed by atoms with Crippen LogP contribution in [0.2, 0.25) is 0 Å². The highest BCUT2D eigenvalue weighted by molar-refractivity contribution is 5.40. The molecular formula is C16H18FNO2. The maximum Gasteiger partial charge on any atom is 0.130 e. The zero-order valence-electron chi connectivity index (χ0n) is 11.4. The minimum atomic E-state index is -0.285.